The summed E-state index contributed by atoms with van der Waals surface area (Å²) < 4.78 is 4.41. The quantitative estimate of drug-likeness (QED) is 0.800. The highest BCUT2D eigenvalue weighted by Crippen LogP contribution is 2.07. The predicted octanol–water partition coefficient (Wildman–Crippen LogP) is 4.13. The van der Waals surface area contributed by atoms with Gasteiger partial charge < -0.3 is 14.6 Å². The van der Waals surface area contributed by atoms with Gasteiger partial charge in [-0.2, -0.15) is 0 Å². The maximum atomic E-state index is 10.2. The van der Waals surface area contributed by atoms with Crippen molar-refractivity contribution in [3.63, 3.8) is 0 Å². The fourth-order valence-electron chi connectivity index (χ4n) is 1.75. The van der Waals surface area contributed by atoms with Crippen molar-refractivity contribution in [2.24, 2.45) is 0 Å². The Hall–Kier alpha value is -2.30. The molecule has 2 aliphatic carbocycles. The second kappa shape index (κ2) is 9.58. The molecular weight excluding hydrogens is 272 g/mol. The largest absolute Gasteiger partial charge is 0.475 e. The van der Waals surface area contributed by atoms with E-state index in [4.69, 9.17) is 10.2 Å². The molecule has 2 aliphatic rings. The van der Waals surface area contributed by atoms with Gasteiger partial charge in [0.25, 0.3) is 0 Å². The van der Waals surface area contributed by atoms with Gasteiger partial charge in [0.1, 0.15) is 0 Å². The molecule has 0 spiro atoms. The molecular formula is C16H20O5. The third-order valence-electron chi connectivity index (χ3n) is 2.84. The first-order valence-electron chi connectivity index (χ1n) is 6.97. The Balaban J connectivity index is 0.000000181. The number of allylic oxidation sites excluding steroid dienone is 4. The van der Waals surface area contributed by atoms with Gasteiger partial charge in [-0.3, -0.25) is 0 Å². The first-order chi connectivity index (χ1) is 10.1. The summed E-state index contributed by atoms with van der Waals surface area (Å²) in [5, 5.41) is 16.6. The molecule has 0 fully saturated rings. The Kier molecular flexibility index (Phi) is 7.64. The molecule has 0 saturated heterocycles. The molecule has 5 nitrogen and oxygen atoms in total. The fraction of sp³-hybridized carbons (Fsp3) is 0.375. The van der Waals surface area contributed by atoms with E-state index in [1.165, 1.54) is 38.5 Å². The van der Waals surface area contributed by atoms with E-state index in [0.717, 1.165) is 12.1 Å². The van der Waals surface area contributed by atoms with Crippen LogP contribution in [0.3, 0.4) is 0 Å². The Morgan fingerprint density at radius 3 is 1.24 bits per heavy atom. The van der Waals surface area contributed by atoms with Crippen LogP contribution in [-0.4, -0.2) is 22.2 Å². The lowest BCUT2D eigenvalue weighted by Crippen LogP contribution is -1.94. The van der Waals surface area contributed by atoms with Crippen molar-refractivity contribution in [1.29, 1.82) is 0 Å². The van der Waals surface area contributed by atoms with Crippen molar-refractivity contribution in [3.8, 4) is 0 Å². The molecule has 0 aliphatic heterocycles. The third kappa shape index (κ3) is 7.15. The smallest absolute Gasteiger partial charge is 0.371 e. The van der Waals surface area contributed by atoms with Gasteiger partial charge in [-0.15, -0.1) is 0 Å². The lowest BCUT2D eigenvalue weighted by molar-refractivity contribution is 0.0631. The van der Waals surface area contributed by atoms with Gasteiger partial charge in [-0.1, -0.05) is 24.3 Å². The molecule has 1 aromatic heterocycles. The summed E-state index contributed by atoms with van der Waals surface area (Å²) in [6.07, 6.45) is 17.0. The van der Waals surface area contributed by atoms with Gasteiger partial charge in [0.15, 0.2) is 0 Å². The SMILES string of the molecule is C1=CCCC1.C1=CCCC1.O=C(O)c1ccc(C(=O)O)o1. The average Bonchev–Trinajstić information content (AvgIpc) is 3.22. The lowest BCUT2D eigenvalue weighted by Gasteiger charge is -1.84. The zero-order valence-corrected chi connectivity index (χ0v) is 11.8. The van der Waals surface area contributed by atoms with Crippen molar-refractivity contribution in [1.82, 2.24) is 0 Å². The van der Waals surface area contributed by atoms with E-state index >= 15 is 0 Å². The summed E-state index contributed by atoms with van der Waals surface area (Å²) in [5.74, 6) is -3.31. The van der Waals surface area contributed by atoms with E-state index in [9.17, 15) is 9.59 Å². The van der Waals surface area contributed by atoms with Crippen LogP contribution in [0.5, 0.6) is 0 Å². The molecule has 21 heavy (non-hydrogen) atoms. The van der Waals surface area contributed by atoms with E-state index in [-0.39, 0.29) is 11.5 Å². The van der Waals surface area contributed by atoms with E-state index in [0.29, 0.717) is 0 Å². The molecule has 2 N–H and O–H groups in total. The normalized spacial score (nSPS) is 14.9. The van der Waals surface area contributed by atoms with Crippen LogP contribution >= 0.6 is 0 Å². The Morgan fingerprint density at radius 2 is 1.10 bits per heavy atom. The van der Waals surface area contributed by atoms with Crippen LogP contribution in [0.15, 0.2) is 40.9 Å². The second-order valence-electron chi connectivity index (χ2n) is 4.58. The van der Waals surface area contributed by atoms with Crippen molar-refractivity contribution in [2.75, 3.05) is 0 Å². The van der Waals surface area contributed by atoms with Crippen molar-refractivity contribution in [2.45, 2.75) is 38.5 Å². The predicted molar refractivity (Wildman–Crippen MR) is 78.6 cm³/mol. The monoisotopic (exact) mass is 292 g/mol. The number of rotatable bonds is 2. The molecule has 1 heterocycles. The van der Waals surface area contributed by atoms with Crippen LogP contribution < -0.4 is 0 Å². The minimum absolute atomic E-state index is 0.373. The lowest BCUT2D eigenvalue weighted by atomic mass is 10.4. The highest BCUT2D eigenvalue weighted by Gasteiger charge is 2.12. The van der Waals surface area contributed by atoms with Crippen LogP contribution in [0.2, 0.25) is 0 Å². The molecule has 1 aromatic rings. The van der Waals surface area contributed by atoms with Gasteiger partial charge in [0.2, 0.25) is 11.5 Å². The fourth-order valence-corrected chi connectivity index (χ4v) is 1.75. The first kappa shape index (κ1) is 16.8. The van der Waals surface area contributed by atoms with Crippen LogP contribution in [0.25, 0.3) is 0 Å². The summed E-state index contributed by atoms with van der Waals surface area (Å²) in [6, 6.07) is 2.18. The molecule has 0 bridgehead atoms. The number of carbonyl (C=O) groups is 2. The number of hydrogen-bond acceptors (Lipinski definition) is 3. The number of furan rings is 1. The Labute approximate surface area is 123 Å². The first-order valence-corrected chi connectivity index (χ1v) is 6.97. The molecule has 0 saturated carbocycles. The highest BCUT2D eigenvalue weighted by molar-refractivity contribution is 5.88. The van der Waals surface area contributed by atoms with Gasteiger partial charge in [0, 0.05) is 0 Å². The summed E-state index contributed by atoms with van der Waals surface area (Å²) in [4.78, 5) is 20.3. The van der Waals surface area contributed by atoms with E-state index in [2.05, 4.69) is 28.7 Å². The third-order valence-corrected chi connectivity index (χ3v) is 2.84. The Bertz CT molecular complexity index is 454. The minimum atomic E-state index is -1.28. The molecule has 0 atom stereocenters. The van der Waals surface area contributed by atoms with Gasteiger partial charge >= 0.3 is 11.9 Å². The molecule has 0 unspecified atom stereocenters. The van der Waals surface area contributed by atoms with Crippen molar-refractivity contribution < 1.29 is 24.2 Å². The number of carboxylic acid groups (broad SMARTS) is 2. The van der Waals surface area contributed by atoms with Gasteiger partial charge in [-0.05, 0) is 50.7 Å². The number of hydrogen-bond donors (Lipinski definition) is 2. The van der Waals surface area contributed by atoms with Crippen molar-refractivity contribution >= 4 is 11.9 Å². The van der Waals surface area contributed by atoms with E-state index < -0.39 is 11.9 Å². The molecule has 0 amide bonds. The van der Waals surface area contributed by atoms with Gasteiger partial charge in [-0.25, -0.2) is 9.59 Å². The topological polar surface area (TPSA) is 87.7 Å². The molecule has 0 aromatic carbocycles. The minimum Gasteiger partial charge on any atom is -0.475 e. The zero-order chi connectivity index (χ0) is 15.5. The van der Waals surface area contributed by atoms with Crippen LogP contribution in [-0.2, 0) is 0 Å². The zero-order valence-electron chi connectivity index (χ0n) is 11.8. The maximum Gasteiger partial charge on any atom is 0.371 e. The summed E-state index contributed by atoms with van der Waals surface area (Å²) in [5.41, 5.74) is 0. The maximum absolute atomic E-state index is 10.2. The standard InChI is InChI=1S/C6H4O5.2C5H8/c7-5(8)3-1-2-4(11-3)6(9)10;2*1-2-4-5-3-1/h1-2H,(H,7,8)(H,9,10);2*1-2H,3-5H2. The second-order valence-corrected chi connectivity index (χ2v) is 4.58. The summed E-state index contributed by atoms with van der Waals surface area (Å²) in [6.45, 7) is 0. The summed E-state index contributed by atoms with van der Waals surface area (Å²) >= 11 is 0. The molecule has 114 valence electrons. The van der Waals surface area contributed by atoms with E-state index in [1.807, 2.05) is 0 Å². The van der Waals surface area contributed by atoms with Crippen molar-refractivity contribution in [3.05, 3.63) is 48.0 Å². The van der Waals surface area contributed by atoms with Crippen LogP contribution in [0.1, 0.15) is 59.6 Å². The highest BCUT2D eigenvalue weighted by atomic mass is 16.4. The molecule has 3 rings (SSSR count). The van der Waals surface area contributed by atoms with Gasteiger partial charge in [0.05, 0.1) is 0 Å². The molecule has 0 radical (unpaired) electrons. The molecule has 5 heteroatoms. The summed E-state index contributed by atoms with van der Waals surface area (Å²) in [7, 11) is 0. The number of carboxylic acids is 2. The average molecular weight is 292 g/mol. The number of aromatic carboxylic acids is 2. The van der Waals surface area contributed by atoms with Crippen LogP contribution in [0, 0.1) is 0 Å². The van der Waals surface area contributed by atoms with Crippen LogP contribution in [0.4, 0.5) is 0 Å². The Morgan fingerprint density at radius 1 is 0.762 bits per heavy atom. The van der Waals surface area contributed by atoms with E-state index in [1.54, 1.807) is 0 Å².